The van der Waals surface area contributed by atoms with Crippen LogP contribution in [0.25, 0.3) is 22.1 Å². The average Bonchev–Trinajstić information content (AvgIpc) is 3.08. The van der Waals surface area contributed by atoms with Crippen molar-refractivity contribution in [2.24, 2.45) is 0 Å². The van der Waals surface area contributed by atoms with E-state index in [0.717, 1.165) is 22.1 Å². The molecular weight excluding hydrogens is 288 g/mol. The third-order valence-electron chi connectivity index (χ3n) is 2.66. The van der Waals surface area contributed by atoms with E-state index in [4.69, 9.17) is 0 Å². The van der Waals surface area contributed by atoms with E-state index in [1.807, 2.05) is 48.5 Å². The molecule has 19 heavy (non-hydrogen) atoms. The topological polar surface area (TPSA) is 57.4 Å². The van der Waals surface area contributed by atoms with Crippen LogP contribution in [0.4, 0.5) is 0 Å². The van der Waals surface area contributed by atoms with Crippen molar-refractivity contribution in [2.45, 2.75) is 0 Å². The van der Waals surface area contributed by atoms with E-state index in [9.17, 15) is 0 Å². The maximum Gasteiger partial charge on any atom is 0.0931 e. The van der Waals surface area contributed by atoms with Crippen LogP contribution in [0.5, 0.6) is 0 Å². The van der Waals surface area contributed by atoms with Crippen molar-refractivity contribution in [3.63, 3.8) is 0 Å². The largest absolute Gasteiger partial charge is 0.345 e. The molecule has 4 aromatic rings. The Bertz CT molecular complexity index is 633. The van der Waals surface area contributed by atoms with Crippen LogP contribution in [0.2, 0.25) is 0 Å². The Morgan fingerprint density at radius 2 is 1.05 bits per heavy atom. The number of hydrogen-bond acceptors (Lipinski definition) is 2. The van der Waals surface area contributed by atoms with Gasteiger partial charge in [-0.05, 0) is 24.3 Å². The molecule has 5 heteroatoms. The number of nitrogens with one attached hydrogen (secondary N) is 2. The van der Waals surface area contributed by atoms with Crippen molar-refractivity contribution >= 4 is 22.1 Å². The van der Waals surface area contributed by atoms with E-state index in [-0.39, 0.29) is 17.1 Å². The molecule has 0 atom stereocenters. The van der Waals surface area contributed by atoms with Crippen LogP contribution in [0.15, 0.2) is 61.2 Å². The van der Waals surface area contributed by atoms with Gasteiger partial charge in [-0.1, -0.05) is 24.3 Å². The van der Waals surface area contributed by atoms with Crippen LogP contribution < -0.4 is 0 Å². The number of nitrogens with zero attached hydrogens (tertiary/aromatic N) is 2. The molecule has 2 aromatic heterocycles. The number of fused-ring (bicyclic) bond motifs is 2. The minimum Gasteiger partial charge on any atom is -0.345 e. The van der Waals surface area contributed by atoms with Gasteiger partial charge >= 0.3 is 0 Å². The summed E-state index contributed by atoms with van der Waals surface area (Å²) in [7, 11) is 0. The Balaban J connectivity index is 0.000000133. The maximum atomic E-state index is 4.06. The standard InChI is InChI=1S/2C7H6N2.Cu/c2*1-2-4-7-6(3-1)8-5-9-7;/h2*1-5H,(H,8,9);. The third kappa shape index (κ3) is 3.02. The summed E-state index contributed by atoms with van der Waals surface area (Å²) < 4.78 is 0. The fourth-order valence-corrected chi connectivity index (χ4v) is 1.76. The van der Waals surface area contributed by atoms with Gasteiger partial charge in [0, 0.05) is 17.1 Å². The van der Waals surface area contributed by atoms with Gasteiger partial charge in [0.1, 0.15) is 0 Å². The van der Waals surface area contributed by atoms with Gasteiger partial charge in [-0.3, -0.25) is 0 Å². The summed E-state index contributed by atoms with van der Waals surface area (Å²) in [4.78, 5) is 14.1. The number of para-hydroxylation sites is 4. The van der Waals surface area contributed by atoms with Crippen LogP contribution in [-0.2, 0) is 17.1 Å². The quantitative estimate of drug-likeness (QED) is 0.490. The number of H-pyrrole nitrogens is 2. The molecule has 4 nitrogen and oxygen atoms in total. The van der Waals surface area contributed by atoms with Gasteiger partial charge in [-0.25, -0.2) is 9.97 Å². The maximum absolute atomic E-state index is 4.06. The molecule has 0 saturated carbocycles. The first kappa shape index (κ1) is 13.3. The van der Waals surface area contributed by atoms with E-state index in [0.29, 0.717) is 0 Å². The van der Waals surface area contributed by atoms with Crippen LogP contribution in [-0.4, -0.2) is 19.9 Å². The summed E-state index contributed by atoms with van der Waals surface area (Å²) in [6.07, 6.45) is 3.40. The molecule has 99 valence electrons. The van der Waals surface area contributed by atoms with E-state index in [1.54, 1.807) is 12.7 Å². The van der Waals surface area contributed by atoms with Gasteiger partial charge in [0.25, 0.3) is 0 Å². The normalized spacial score (nSPS) is 9.68. The van der Waals surface area contributed by atoms with Crippen molar-refractivity contribution in [3.05, 3.63) is 61.2 Å². The van der Waals surface area contributed by atoms with Crippen molar-refractivity contribution in [3.8, 4) is 0 Å². The fraction of sp³-hybridized carbons (Fsp3) is 0. The second-order valence-electron chi connectivity index (χ2n) is 3.84. The van der Waals surface area contributed by atoms with Gasteiger partial charge in [0.15, 0.2) is 0 Å². The van der Waals surface area contributed by atoms with Crippen LogP contribution in [0.3, 0.4) is 0 Å². The molecule has 0 saturated heterocycles. The molecule has 1 radical (unpaired) electrons. The predicted octanol–water partition coefficient (Wildman–Crippen LogP) is 3.12. The second kappa shape index (κ2) is 6.18. The minimum absolute atomic E-state index is 0. The van der Waals surface area contributed by atoms with Gasteiger partial charge in [0.05, 0.1) is 34.7 Å². The first-order valence-electron chi connectivity index (χ1n) is 5.70. The molecule has 2 N–H and O–H groups in total. The Morgan fingerprint density at radius 3 is 1.47 bits per heavy atom. The predicted molar refractivity (Wildman–Crippen MR) is 72.2 cm³/mol. The summed E-state index contributed by atoms with van der Waals surface area (Å²) in [5.41, 5.74) is 4.24. The van der Waals surface area contributed by atoms with Crippen molar-refractivity contribution in [1.82, 2.24) is 19.9 Å². The number of rotatable bonds is 0. The molecule has 0 bridgehead atoms. The molecule has 4 rings (SSSR count). The van der Waals surface area contributed by atoms with Crippen molar-refractivity contribution < 1.29 is 17.1 Å². The first-order chi connectivity index (χ1) is 8.93. The summed E-state index contributed by atoms with van der Waals surface area (Å²) in [6.45, 7) is 0. The molecule has 0 unspecified atom stereocenters. The zero-order chi connectivity index (χ0) is 12.2. The van der Waals surface area contributed by atoms with Gasteiger partial charge in [0.2, 0.25) is 0 Å². The van der Waals surface area contributed by atoms with Gasteiger partial charge < -0.3 is 9.97 Å². The molecule has 0 aliphatic carbocycles. The van der Waals surface area contributed by atoms with Crippen LogP contribution in [0, 0.1) is 0 Å². The monoisotopic (exact) mass is 299 g/mol. The molecule has 0 spiro atoms. The van der Waals surface area contributed by atoms with E-state index in [2.05, 4.69) is 19.9 Å². The summed E-state index contributed by atoms with van der Waals surface area (Å²) in [6, 6.07) is 15.9. The van der Waals surface area contributed by atoms with Crippen LogP contribution >= 0.6 is 0 Å². The van der Waals surface area contributed by atoms with Gasteiger partial charge in [-0.15, -0.1) is 0 Å². The van der Waals surface area contributed by atoms with Crippen molar-refractivity contribution in [2.75, 3.05) is 0 Å². The Kier molecular flexibility index (Phi) is 4.34. The number of benzene rings is 2. The Morgan fingerprint density at radius 1 is 0.632 bits per heavy atom. The molecule has 2 aromatic carbocycles. The molecular formula is C14H12CuN4. The molecule has 0 aliphatic heterocycles. The molecule has 0 fully saturated rings. The number of hydrogen-bond donors (Lipinski definition) is 2. The summed E-state index contributed by atoms with van der Waals surface area (Å²) in [5.74, 6) is 0. The van der Waals surface area contributed by atoms with E-state index < -0.39 is 0 Å². The van der Waals surface area contributed by atoms with E-state index >= 15 is 0 Å². The van der Waals surface area contributed by atoms with E-state index in [1.165, 1.54) is 0 Å². The minimum atomic E-state index is 0. The molecule has 0 amide bonds. The smallest absolute Gasteiger partial charge is 0.0931 e. The molecule has 0 aliphatic rings. The first-order valence-corrected chi connectivity index (χ1v) is 5.70. The van der Waals surface area contributed by atoms with Crippen molar-refractivity contribution in [1.29, 1.82) is 0 Å². The Labute approximate surface area is 120 Å². The fourth-order valence-electron chi connectivity index (χ4n) is 1.76. The average molecular weight is 300 g/mol. The zero-order valence-electron chi connectivity index (χ0n) is 9.97. The number of aromatic amines is 2. The SMILES string of the molecule is [Cu].c1ccc2[nH]cnc2c1.c1ccc2[nH]cnc2c1. The zero-order valence-corrected chi connectivity index (χ0v) is 10.9. The Hall–Kier alpha value is -2.10. The summed E-state index contributed by atoms with van der Waals surface area (Å²) in [5, 5.41) is 0. The third-order valence-corrected chi connectivity index (χ3v) is 2.66. The summed E-state index contributed by atoms with van der Waals surface area (Å²) >= 11 is 0. The van der Waals surface area contributed by atoms with Gasteiger partial charge in [-0.2, -0.15) is 0 Å². The number of aromatic nitrogens is 4. The second-order valence-corrected chi connectivity index (χ2v) is 3.84. The molecule has 2 heterocycles. The van der Waals surface area contributed by atoms with Crippen LogP contribution in [0.1, 0.15) is 0 Å². The number of imidazole rings is 2.